The van der Waals surface area contributed by atoms with Crippen LogP contribution in [-0.4, -0.2) is 29.3 Å². The third-order valence-corrected chi connectivity index (χ3v) is 3.83. The van der Waals surface area contributed by atoms with Crippen molar-refractivity contribution in [3.8, 4) is 11.5 Å². The number of nitrogens with zero attached hydrogens (tertiary/aromatic N) is 2. The van der Waals surface area contributed by atoms with Crippen LogP contribution in [0.25, 0.3) is 0 Å². The number of amides is 1. The molecule has 0 spiro atoms. The van der Waals surface area contributed by atoms with Gasteiger partial charge in [-0.05, 0) is 25.1 Å². The number of nitro groups is 1. The summed E-state index contributed by atoms with van der Waals surface area (Å²) in [5, 5.41) is 15.2. The number of fused-ring (bicyclic) bond motifs is 1. The zero-order valence-corrected chi connectivity index (χ0v) is 14.0. The van der Waals surface area contributed by atoms with E-state index in [2.05, 4.69) is 10.5 Å². The number of para-hydroxylation sites is 3. The Morgan fingerprint density at radius 3 is 2.81 bits per heavy atom. The molecule has 1 N–H and O–H groups in total. The molecule has 26 heavy (non-hydrogen) atoms. The molecule has 3 rings (SSSR count). The van der Waals surface area contributed by atoms with Gasteiger partial charge < -0.3 is 9.47 Å². The number of nitrogens with one attached hydrogen (secondary N) is 1. The van der Waals surface area contributed by atoms with Gasteiger partial charge in [0.2, 0.25) is 0 Å². The quantitative estimate of drug-likeness (QED) is 0.656. The highest BCUT2D eigenvalue weighted by Crippen LogP contribution is 2.27. The molecule has 1 atom stereocenters. The number of hydrazone groups is 1. The van der Waals surface area contributed by atoms with Crippen LogP contribution in [0, 0.1) is 10.1 Å². The van der Waals surface area contributed by atoms with E-state index in [1.807, 2.05) is 24.3 Å². The van der Waals surface area contributed by atoms with Crippen LogP contribution in [-0.2, 0) is 4.79 Å². The van der Waals surface area contributed by atoms with Crippen LogP contribution >= 0.6 is 0 Å². The standard InChI is InChI=1S/C18H17N3O5/c1-12(26-17-9-5-3-7-15(17)21(23)24)18(22)20-19-14-10-11-25-16-8-4-2-6-13(14)16/h2-9,12H,10-11H2,1H3,(H,20,22). The molecule has 0 radical (unpaired) electrons. The molecule has 2 aromatic carbocycles. The molecule has 2 aromatic rings. The SMILES string of the molecule is CC(Oc1ccccc1[N+](=O)[O-])C(=O)NN=C1CCOc2ccccc21. The van der Waals surface area contributed by atoms with E-state index in [1.54, 1.807) is 6.07 Å². The van der Waals surface area contributed by atoms with Gasteiger partial charge in [-0.1, -0.05) is 24.3 Å². The van der Waals surface area contributed by atoms with Gasteiger partial charge in [0.1, 0.15) is 5.75 Å². The lowest BCUT2D eigenvalue weighted by atomic mass is 10.0. The van der Waals surface area contributed by atoms with E-state index in [0.717, 1.165) is 11.3 Å². The number of benzene rings is 2. The fourth-order valence-electron chi connectivity index (χ4n) is 2.50. The molecule has 1 unspecified atom stereocenters. The summed E-state index contributed by atoms with van der Waals surface area (Å²) in [6.45, 7) is 1.98. The van der Waals surface area contributed by atoms with Gasteiger partial charge in [0, 0.05) is 18.1 Å². The Morgan fingerprint density at radius 1 is 1.27 bits per heavy atom. The normalized spacial score (nSPS) is 15.5. The van der Waals surface area contributed by atoms with E-state index < -0.39 is 16.9 Å². The van der Waals surface area contributed by atoms with E-state index in [4.69, 9.17) is 9.47 Å². The molecule has 8 heteroatoms. The van der Waals surface area contributed by atoms with Crippen molar-refractivity contribution < 1.29 is 19.2 Å². The Morgan fingerprint density at radius 2 is 2.00 bits per heavy atom. The average molecular weight is 355 g/mol. The first-order chi connectivity index (χ1) is 12.6. The summed E-state index contributed by atoms with van der Waals surface area (Å²) in [4.78, 5) is 22.7. The number of carbonyl (C=O) groups excluding carboxylic acids is 1. The Kier molecular flexibility index (Phi) is 5.12. The summed E-state index contributed by atoms with van der Waals surface area (Å²) in [5.74, 6) is 0.250. The molecule has 134 valence electrons. The first-order valence-electron chi connectivity index (χ1n) is 8.05. The van der Waals surface area contributed by atoms with Gasteiger partial charge in [0.15, 0.2) is 11.9 Å². The van der Waals surface area contributed by atoms with E-state index >= 15 is 0 Å². The Hall–Kier alpha value is -3.42. The van der Waals surface area contributed by atoms with Crippen molar-refractivity contribution in [1.29, 1.82) is 0 Å². The fourth-order valence-corrected chi connectivity index (χ4v) is 2.50. The Bertz CT molecular complexity index is 865. The van der Waals surface area contributed by atoms with Gasteiger partial charge in [-0.15, -0.1) is 0 Å². The summed E-state index contributed by atoms with van der Waals surface area (Å²) >= 11 is 0. The molecular weight excluding hydrogens is 338 g/mol. The van der Waals surface area contributed by atoms with Gasteiger partial charge in [0.05, 0.1) is 17.2 Å². The predicted molar refractivity (Wildman–Crippen MR) is 94.4 cm³/mol. The van der Waals surface area contributed by atoms with Crippen LogP contribution in [0.15, 0.2) is 53.6 Å². The van der Waals surface area contributed by atoms with Gasteiger partial charge in [-0.25, -0.2) is 5.43 Å². The highest BCUT2D eigenvalue weighted by molar-refractivity contribution is 6.04. The zero-order valence-electron chi connectivity index (χ0n) is 14.0. The second-order valence-electron chi connectivity index (χ2n) is 5.61. The molecule has 1 heterocycles. The van der Waals surface area contributed by atoms with E-state index in [9.17, 15) is 14.9 Å². The monoisotopic (exact) mass is 355 g/mol. The molecule has 0 aromatic heterocycles. The number of hydrogen-bond acceptors (Lipinski definition) is 6. The molecule has 0 saturated carbocycles. The van der Waals surface area contributed by atoms with Crippen LogP contribution in [0.2, 0.25) is 0 Å². The second kappa shape index (κ2) is 7.64. The summed E-state index contributed by atoms with van der Waals surface area (Å²) in [6.07, 6.45) is -0.382. The van der Waals surface area contributed by atoms with Crippen LogP contribution in [0.5, 0.6) is 11.5 Å². The van der Waals surface area contributed by atoms with Crippen molar-refractivity contribution in [2.24, 2.45) is 5.10 Å². The maximum atomic E-state index is 12.2. The number of nitro benzene ring substituents is 1. The molecule has 1 amide bonds. The highest BCUT2D eigenvalue weighted by atomic mass is 16.6. The maximum Gasteiger partial charge on any atom is 0.310 e. The van der Waals surface area contributed by atoms with Gasteiger partial charge in [0.25, 0.3) is 5.91 Å². The predicted octanol–water partition coefficient (Wildman–Crippen LogP) is 2.67. The van der Waals surface area contributed by atoms with Crippen molar-refractivity contribution in [2.75, 3.05) is 6.61 Å². The van der Waals surface area contributed by atoms with Crippen LogP contribution in [0.3, 0.4) is 0 Å². The average Bonchev–Trinajstić information content (AvgIpc) is 2.66. The molecule has 1 aliphatic rings. The van der Waals surface area contributed by atoms with Gasteiger partial charge >= 0.3 is 5.69 Å². The smallest absolute Gasteiger partial charge is 0.310 e. The maximum absolute atomic E-state index is 12.2. The summed E-state index contributed by atoms with van der Waals surface area (Å²) in [5.41, 5.74) is 3.80. The minimum atomic E-state index is -0.949. The second-order valence-corrected chi connectivity index (χ2v) is 5.61. The third-order valence-electron chi connectivity index (χ3n) is 3.83. The number of rotatable bonds is 5. The van der Waals surface area contributed by atoms with Crippen LogP contribution < -0.4 is 14.9 Å². The van der Waals surface area contributed by atoms with Crippen LogP contribution in [0.1, 0.15) is 18.9 Å². The van der Waals surface area contributed by atoms with Crippen LogP contribution in [0.4, 0.5) is 5.69 Å². The van der Waals surface area contributed by atoms with Crippen molar-refractivity contribution in [2.45, 2.75) is 19.4 Å². The minimum Gasteiger partial charge on any atom is -0.492 e. The topological polar surface area (TPSA) is 103 Å². The molecule has 0 fully saturated rings. The molecule has 8 nitrogen and oxygen atoms in total. The zero-order chi connectivity index (χ0) is 18.5. The van der Waals surface area contributed by atoms with Gasteiger partial charge in [-0.3, -0.25) is 14.9 Å². The van der Waals surface area contributed by atoms with E-state index in [0.29, 0.717) is 18.7 Å². The molecule has 0 saturated heterocycles. The number of carbonyl (C=O) groups is 1. The molecule has 0 bridgehead atoms. The first kappa shape index (κ1) is 17.4. The summed E-state index contributed by atoms with van der Waals surface area (Å²) in [6, 6.07) is 13.3. The third kappa shape index (κ3) is 3.80. The lowest BCUT2D eigenvalue weighted by molar-refractivity contribution is -0.386. The van der Waals surface area contributed by atoms with E-state index in [1.165, 1.54) is 25.1 Å². The Labute approximate surface area is 149 Å². The first-order valence-corrected chi connectivity index (χ1v) is 8.05. The fraction of sp³-hybridized carbons (Fsp3) is 0.222. The summed E-state index contributed by atoms with van der Waals surface area (Å²) in [7, 11) is 0. The molecule has 1 aliphatic heterocycles. The largest absolute Gasteiger partial charge is 0.492 e. The number of ether oxygens (including phenoxy) is 2. The Balaban J connectivity index is 1.69. The van der Waals surface area contributed by atoms with Crippen molar-refractivity contribution in [3.63, 3.8) is 0 Å². The van der Waals surface area contributed by atoms with Crippen molar-refractivity contribution in [1.82, 2.24) is 5.43 Å². The minimum absolute atomic E-state index is 0.0317. The highest BCUT2D eigenvalue weighted by Gasteiger charge is 2.21. The lowest BCUT2D eigenvalue weighted by Crippen LogP contribution is -2.34. The summed E-state index contributed by atoms with van der Waals surface area (Å²) < 4.78 is 11.0. The molecular formula is C18H17N3O5. The molecule has 0 aliphatic carbocycles. The lowest BCUT2D eigenvalue weighted by Gasteiger charge is -2.19. The number of hydrogen-bond donors (Lipinski definition) is 1. The van der Waals surface area contributed by atoms with Crippen molar-refractivity contribution >= 4 is 17.3 Å². The van der Waals surface area contributed by atoms with E-state index in [-0.39, 0.29) is 11.4 Å². The van der Waals surface area contributed by atoms with Gasteiger partial charge in [-0.2, -0.15) is 5.10 Å². The van der Waals surface area contributed by atoms with Crippen molar-refractivity contribution in [3.05, 3.63) is 64.2 Å².